The Morgan fingerprint density at radius 1 is 0.900 bits per heavy atom. The summed E-state index contributed by atoms with van der Waals surface area (Å²) in [4.78, 5) is 12.8. The molecule has 0 N–H and O–H groups in total. The number of carbonyl (C=O) groups excluding carboxylic acids is 1. The number of rotatable bonds is 3. The van der Waals surface area contributed by atoms with Gasteiger partial charge in [-0.05, 0) is 12.5 Å². The fraction of sp³-hybridized carbons (Fsp3) is 0.118. The highest BCUT2D eigenvalue weighted by Gasteiger charge is 2.24. The molecule has 20 heavy (non-hydrogen) atoms. The topological polar surface area (TPSA) is 17.1 Å². The van der Waals surface area contributed by atoms with Crippen LogP contribution < -0.4 is 0 Å². The highest BCUT2D eigenvalue weighted by molar-refractivity contribution is 8.37. The number of thioether (sulfide) groups is 2. The van der Waals surface area contributed by atoms with Crippen LogP contribution in [0.15, 0.2) is 58.8 Å². The van der Waals surface area contributed by atoms with Gasteiger partial charge in [-0.25, -0.2) is 0 Å². The minimum atomic E-state index is 0.117. The minimum Gasteiger partial charge on any atom is -0.289 e. The first-order chi connectivity index (χ1) is 9.75. The number of allylic oxidation sites excluding steroid dienone is 1. The maximum atomic E-state index is 12.8. The maximum Gasteiger partial charge on any atom is 0.195 e. The molecule has 1 saturated heterocycles. The van der Waals surface area contributed by atoms with Crippen molar-refractivity contribution in [3.8, 4) is 0 Å². The number of benzene rings is 2. The van der Waals surface area contributed by atoms with Gasteiger partial charge in [-0.3, -0.25) is 4.79 Å². The van der Waals surface area contributed by atoms with Gasteiger partial charge in [0.2, 0.25) is 0 Å². The second kappa shape index (κ2) is 5.90. The standard InChI is InChI=1S/C17H14OS2/c1-12-7-9-14(10-8-12)16(18)15(17-19-11-20-17)13-5-3-2-4-6-13/h2-10H,11H2,1H3. The first-order valence-corrected chi connectivity index (χ1v) is 8.39. The van der Waals surface area contributed by atoms with Crippen molar-refractivity contribution >= 4 is 34.9 Å². The van der Waals surface area contributed by atoms with Crippen molar-refractivity contribution in [3.63, 3.8) is 0 Å². The van der Waals surface area contributed by atoms with Crippen LogP contribution >= 0.6 is 23.5 Å². The Balaban J connectivity index is 2.03. The van der Waals surface area contributed by atoms with Gasteiger partial charge in [0.15, 0.2) is 5.78 Å². The number of ketones is 1. The lowest BCUT2D eigenvalue weighted by Gasteiger charge is -2.20. The molecule has 0 amide bonds. The van der Waals surface area contributed by atoms with Gasteiger partial charge in [-0.1, -0.05) is 60.2 Å². The summed E-state index contributed by atoms with van der Waals surface area (Å²) in [6.07, 6.45) is 0. The zero-order valence-corrected chi connectivity index (χ0v) is 12.8. The summed E-state index contributed by atoms with van der Waals surface area (Å²) in [6.45, 7) is 2.03. The Bertz CT molecular complexity index is 651. The average molecular weight is 298 g/mol. The Kier molecular flexibility index (Phi) is 3.99. The van der Waals surface area contributed by atoms with E-state index in [1.165, 1.54) is 5.56 Å². The number of Topliss-reactive ketones (excluding diaryl/α,β-unsaturated/α-hetero) is 1. The highest BCUT2D eigenvalue weighted by atomic mass is 32.3. The summed E-state index contributed by atoms with van der Waals surface area (Å²) >= 11 is 3.51. The predicted molar refractivity (Wildman–Crippen MR) is 88.9 cm³/mol. The molecule has 3 heteroatoms. The zero-order valence-electron chi connectivity index (χ0n) is 11.1. The Labute approximate surface area is 127 Å². The van der Waals surface area contributed by atoms with E-state index in [4.69, 9.17) is 0 Å². The molecule has 2 aromatic carbocycles. The van der Waals surface area contributed by atoms with Gasteiger partial charge in [-0.2, -0.15) is 0 Å². The van der Waals surface area contributed by atoms with Crippen LogP contribution in [0.3, 0.4) is 0 Å². The molecule has 3 rings (SSSR count). The number of hydrogen-bond donors (Lipinski definition) is 0. The zero-order chi connectivity index (χ0) is 13.9. The minimum absolute atomic E-state index is 0.117. The molecule has 0 aromatic heterocycles. The van der Waals surface area contributed by atoms with E-state index in [2.05, 4.69) is 0 Å². The second-order valence-electron chi connectivity index (χ2n) is 4.63. The summed E-state index contributed by atoms with van der Waals surface area (Å²) in [7, 11) is 0. The highest BCUT2D eigenvalue weighted by Crippen LogP contribution is 2.48. The number of carbonyl (C=O) groups is 1. The second-order valence-corrected chi connectivity index (χ2v) is 7.23. The van der Waals surface area contributed by atoms with Crippen LogP contribution in [0.5, 0.6) is 0 Å². The van der Waals surface area contributed by atoms with Crippen LogP contribution in [0, 0.1) is 6.92 Å². The molecule has 0 spiro atoms. The van der Waals surface area contributed by atoms with Gasteiger partial charge in [-0.15, -0.1) is 23.5 Å². The molecule has 1 aliphatic rings. The van der Waals surface area contributed by atoms with Crippen molar-refractivity contribution < 1.29 is 4.79 Å². The lowest BCUT2D eigenvalue weighted by molar-refractivity contribution is 0.105. The van der Waals surface area contributed by atoms with Crippen molar-refractivity contribution in [2.45, 2.75) is 6.92 Å². The molecule has 1 fully saturated rings. The number of hydrogen-bond acceptors (Lipinski definition) is 3. The van der Waals surface area contributed by atoms with Crippen molar-refractivity contribution in [1.82, 2.24) is 0 Å². The van der Waals surface area contributed by atoms with Gasteiger partial charge in [0, 0.05) is 16.2 Å². The lowest BCUT2D eigenvalue weighted by atomic mass is 9.97. The molecule has 0 radical (unpaired) electrons. The third-order valence-electron chi connectivity index (χ3n) is 3.19. The summed E-state index contributed by atoms with van der Waals surface area (Å²) in [6, 6.07) is 17.7. The van der Waals surface area contributed by atoms with Crippen molar-refractivity contribution in [3.05, 3.63) is 75.5 Å². The fourth-order valence-electron chi connectivity index (χ4n) is 2.06. The van der Waals surface area contributed by atoms with Gasteiger partial charge < -0.3 is 0 Å². The van der Waals surface area contributed by atoms with Crippen molar-refractivity contribution in [2.75, 3.05) is 5.08 Å². The maximum absolute atomic E-state index is 12.8. The normalized spacial score (nSPS) is 13.8. The molecule has 0 saturated carbocycles. The molecular formula is C17H14OS2. The van der Waals surface area contributed by atoms with E-state index < -0.39 is 0 Å². The van der Waals surface area contributed by atoms with E-state index in [1.807, 2.05) is 61.5 Å². The monoisotopic (exact) mass is 298 g/mol. The van der Waals surface area contributed by atoms with Crippen LogP contribution in [-0.4, -0.2) is 10.9 Å². The van der Waals surface area contributed by atoms with E-state index >= 15 is 0 Å². The van der Waals surface area contributed by atoms with Gasteiger partial charge >= 0.3 is 0 Å². The van der Waals surface area contributed by atoms with E-state index in [9.17, 15) is 4.79 Å². The quantitative estimate of drug-likeness (QED) is 0.587. The smallest absolute Gasteiger partial charge is 0.195 e. The van der Waals surface area contributed by atoms with Crippen LogP contribution in [0.25, 0.3) is 5.57 Å². The van der Waals surface area contributed by atoms with E-state index in [-0.39, 0.29) is 5.78 Å². The third kappa shape index (κ3) is 2.69. The third-order valence-corrected chi connectivity index (χ3v) is 5.77. The molecule has 1 nitrogen and oxygen atoms in total. The van der Waals surface area contributed by atoms with Crippen LogP contribution in [-0.2, 0) is 0 Å². The summed E-state index contributed by atoms with van der Waals surface area (Å²) < 4.78 is 1.14. The summed E-state index contributed by atoms with van der Waals surface area (Å²) in [5.74, 6) is 0.117. The van der Waals surface area contributed by atoms with Crippen LogP contribution in [0.2, 0.25) is 0 Å². The fourth-order valence-corrected chi connectivity index (χ4v) is 3.71. The van der Waals surface area contributed by atoms with Crippen LogP contribution in [0.1, 0.15) is 21.5 Å². The molecule has 1 heterocycles. The molecular weight excluding hydrogens is 284 g/mol. The van der Waals surface area contributed by atoms with Gasteiger partial charge in [0.1, 0.15) is 0 Å². The van der Waals surface area contributed by atoms with Gasteiger partial charge in [0.25, 0.3) is 0 Å². The largest absolute Gasteiger partial charge is 0.289 e. The Morgan fingerprint density at radius 3 is 2.10 bits per heavy atom. The van der Waals surface area contributed by atoms with E-state index in [0.717, 1.165) is 26.0 Å². The van der Waals surface area contributed by atoms with E-state index in [0.29, 0.717) is 0 Å². The van der Waals surface area contributed by atoms with Crippen molar-refractivity contribution in [1.29, 1.82) is 0 Å². The summed E-state index contributed by atoms with van der Waals surface area (Å²) in [5, 5.41) is 1.03. The van der Waals surface area contributed by atoms with Crippen molar-refractivity contribution in [2.24, 2.45) is 0 Å². The van der Waals surface area contributed by atoms with Gasteiger partial charge in [0.05, 0.1) is 4.24 Å². The summed E-state index contributed by atoms with van der Waals surface area (Å²) in [5.41, 5.74) is 3.78. The SMILES string of the molecule is Cc1ccc(C(=O)C(=C2SCS2)c2ccccc2)cc1. The molecule has 100 valence electrons. The predicted octanol–water partition coefficient (Wildman–Crippen LogP) is 4.98. The molecule has 0 bridgehead atoms. The molecule has 0 unspecified atom stereocenters. The molecule has 0 atom stereocenters. The first kappa shape index (κ1) is 13.5. The Hall–Kier alpha value is -1.45. The Morgan fingerprint density at radius 2 is 1.55 bits per heavy atom. The number of aryl methyl sites for hydroxylation is 1. The lowest BCUT2D eigenvalue weighted by Crippen LogP contribution is -2.07. The molecule has 2 aromatic rings. The van der Waals surface area contributed by atoms with Crippen LogP contribution in [0.4, 0.5) is 0 Å². The molecule has 1 aliphatic heterocycles. The molecule has 0 aliphatic carbocycles. The first-order valence-electron chi connectivity index (χ1n) is 6.42. The van der Waals surface area contributed by atoms with E-state index in [1.54, 1.807) is 23.5 Å². The average Bonchev–Trinajstić information content (AvgIpc) is 2.44.